The smallest absolute Gasteiger partial charge is 0.375 e. The number of carbonyl (C=O) groups excluding carboxylic acids is 2. The lowest BCUT2D eigenvalue weighted by atomic mass is 10.1. The zero-order valence-corrected chi connectivity index (χ0v) is 16.0. The number of ether oxygens (including phenoxy) is 1. The fourth-order valence-corrected chi connectivity index (χ4v) is 2.89. The fraction of sp³-hybridized carbons (Fsp3) is 0.227. The summed E-state index contributed by atoms with van der Waals surface area (Å²) >= 11 is 0. The molecule has 0 aliphatic heterocycles. The number of rotatable bonds is 5. The molecule has 0 bridgehead atoms. The molecule has 3 rings (SSSR count). The molecule has 0 aliphatic rings. The molecule has 0 radical (unpaired) electrons. The van der Waals surface area contributed by atoms with E-state index in [2.05, 4.69) is 0 Å². The minimum atomic E-state index is -1.01. The maximum absolute atomic E-state index is 12.5. The van der Waals surface area contributed by atoms with Gasteiger partial charge in [0.2, 0.25) is 5.76 Å². The van der Waals surface area contributed by atoms with E-state index < -0.39 is 12.1 Å². The van der Waals surface area contributed by atoms with Crippen molar-refractivity contribution in [2.24, 2.45) is 0 Å². The van der Waals surface area contributed by atoms with Crippen molar-refractivity contribution in [3.05, 3.63) is 81.7 Å². The van der Waals surface area contributed by atoms with Gasteiger partial charge in [-0.3, -0.25) is 9.59 Å². The van der Waals surface area contributed by atoms with Gasteiger partial charge in [-0.1, -0.05) is 42.0 Å². The molecule has 144 valence electrons. The van der Waals surface area contributed by atoms with Crippen molar-refractivity contribution in [2.75, 3.05) is 7.05 Å². The summed E-state index contributed by atoms with van der Waals surface area (Å²) in [6.07, 6.45) is -1.01. The molecular weight excluding hydrogens is 358 g/mol. The molecule has 1 amide bonds. The zero-order valence-electron chi connectivity index (χ0n) is 16.0. The molecule has 0 unspecified atom stereocenters. The van der Waals surface area contributed by atoms with Crippen molar-refractivity contribution in [3.8, 4) is 0 Å². The van der Waals surface area contributed by atoms with Gasteiger partial charge in [-0.15, -0.1) is 0 Å². The molecule has 0 aliphatic carbocycles. The van der Waals surface area contributed by atoms with Gasteiger partial charge in [-0.2, -0.15) is 0 Å². The van der Waals surface area contributed by atoms with Gasteiger partial charge in [0, 0.05) is 19.7 Å². The average Bonchev–Trinajstić information content (AvgIpc) is 2.68. The van der Waals surface area contributed by atoms with Gasteiger partial charge in [0.05, 0.1) is 5.39 Å². The van der Waals surface area contributed by atoms with Gasteiger partial charge in [0.25, 0.3) is 5.91 Å². The van der Waals surface area contributed by atoms with Gasteiger partial charge in [-0.05, 0) is 31.5 Å². The molecule has 0 spiro atoms. The van der Waals surface area contributed by atoms with E-state index in [9.17, 15) is 14.4 Å². The molecule has 1 aromatic heterocycles. The van der Waals surface area contributed by atoms with Gasteiger partial charge in [0.15, 0.2) is 11.5 Å². The Hall–Kier alpha value is -3.41. The first-order valence-corrected chi connectivity index (χ1v) is 8.89. The molecule has 0 saturated carbocycles. The van der Waals surface area contributed by atoms with Gasteiger partial charge < -0.3 is 14.1 Å². The molecule has 28 heavy (non-hydrogen) atoms. The molecular formula is C22H21NO5. The second-order valence-electron chi connectivity index (χ2n) is 6.70. The summed E-state index contributed by atoms with van der Waals surface area (Å²) in [5.74, 6) is -1.43. The summed E-state index contributed by atoms with van der Waals surface area (Å²) in [7, 11) is 1.64. The minimum Gasteiger partial charge on any atom is -0.449 e. The van der Waals surface area contributed by atoms with Crippen molar-refractivity contribution >= 4 is 22.8 Å². The van der Waals surface area contributed by atoms with Crippen LogP contribution in [0.15, 0.2) is 63.8 Å². The third-order valence-electron chi connectivity index (χ3n) is 4.35. The van der Waals surface area contributed by atoms with E-state index in [1.807, 2.05) is 37.3 Å². The normalized spacial score (nSPS) is 11.8. The SMILES string of the molecule is Cc1ccc2oc(C(=O)O[C@H](C)C(=O)N(C)Cc3ccccc3)cc(=O)c2c1. The van der Waals surface area contributed by atoms with Crippen LogP contribution in [0, 0.1) is 6.92 Å². The first-order valence-electron chi connectivity index (χ1n) is 8.89. The molecule has 3 aromatic rings. The largest absolute Gasteiger partial charge is 0.449 e. The molecule has 6 heteroatoms. The van der Waals surface area contributed by atoms with Gasteiger partial charge >= 0.3 is 5.97 Å². The van der Waals surface area contributed by atoms with E-state index in [0.29, 0.717) is 17.5 Å². The first kappa shape index (κ1) is 19.4. The summed E-state index contributed by atoms with van der Waals surface area (Å²) in [4.78, 5) is 38.6. The lowest BCUT2D eigenvalue weighted by molar-refractivity contribution is -0.139. The van der Waals surface area contributed by atoms with E-state index in [-0.39, 0.29) is 17.1 Å². The zero-order chi connectivity index (χ0) is 20.3. The molecule has 2 aromatic carbocycles. The van der Waals surface area contributed by atoms with Crippen molar-refractivity contribution in [3.63, 3.8) is 0 Å². The monoisotopic (exact) mass is 379 g/mol. The molecule has 0 N–H and O–H groups in total. The number of amides is 1. The Labute approximate surface area is 162 Å². The highest BCUT2D eigenvalue weighted by atomic mass is 16.6. The highest BCUT2D eigenvalue weighted by Crippen LogP contribution is 2.15. The Balaban J connectivity index is 1.71. The number of benzene rings is 2. The van der Waals surface area contributed by atoms with Crippen LogP contribution in [0.1, 0.15) is 28.6 Å². The number of hydrogen-bond donors (Lipinski definition) is 0. The Kier molecular flexibility index (Phi) is 5.59. The Morgan fingerprint density at radius 2 is 1.82 bits per heavy atom. The van der Waals surface area contributed by atoms with E-state index >= 15 is 0 Å². The van der Waals surface area contributed by atoms with Gasteiger partial charge in [0.1, 0.15) is 5.58 Å². The van der Waals surface area contributed by atoms with Gasteiger partial charge in [-0.25, -0.2) is 4.79 Å². The highest BCUT2D eigenvalue weighted by Gasteiger charge is 2.24. The van der Waals surface area contributed by atoms with E-state index in [1.165, 1.54) is 11.8 Å². The van der Waals surface area contributed by atoms with E-state index in [4.69, 9.17) is 9.15 Å². The summed E-state index contributed by atoms with van der Waals surface area (Å²) in [6.45, 7) is 3.75. The number of nitrogens with zero attached hydrogens (tertiary/aromatic N) is 1. The van der Waals surface area contributed by atoms with Crippen LogP contribution in [0.25, 0.3) is 11.0 Å². The lowest BCUT2D eigenvalue weighted by Crippen LogP contribution is -2.37. The molecule has 1 heterocycles. The Morgan fingerprint density at radius 1 is 1.11 bits per heavy atom. The number of hydrogen-bond acceptors (Lipinski definition) is 5. The van der Waals surface area contributed by atoms with Crippen LogP contribution in [0.3, 0.4) is 0 Å². The third kappa shape index (κ3) is 4.28. The second-order valence-corrected chi connectivity index (χ2v) is 6.70. The van der Waals surface area contributed by atoms with Crippen LogP contribution in [0.2, 0.25) is 0 Å². The quantitative estimate of drug-likeness (QED) is 0.636. The molecule has 0 saturated heterocycles. The van der Waals surface area contributed by atoms with Crippen LogP contribution in [-0.2, 0) is 16.1 Å². The van der Waals surface area contributed by atoms with Crippen LogP contribution in [0.5, 0.6) is 0 Å². The number of fused-ring (bicyclic) bond motifs is 1. The van der Waals surface area contributed by atoms with E-state index in [0.717, 1.165) is 17.2 Å². The van der Waals surface area contributed by atoms with Crippen LogP contribution in [0.4, 0.5) is 0 Å². The summed E-state index contributed by atoms with van der Waals surface area (Å²) in [5.41, 5.74) is 1.84. The summed E-state index contributed by atoms with van der Waals surface area (Å²) in [5, 5.41) is 0.392. The fourth-order valence-electron chi connectivity index (χ4n) is 2.89. The van der Waals surface area contributed by atoms with E-state index in [1.54, 1.807) is 25.2 Å². The lowest BCUT2D eigenvalue weighted by Gasteiger charge is -2.21. The Bertz CT molecular complexity index is 1070. The number of aryl methyl sites for hydroxylation is 1. The summed E-state index contributed by atoms with van der Waals surface area (Å²) in [6, 6.07) is 15.7. The predicted molar refractivity (Wildman–Crippen MR) is 105 cm³/mol. The number of carbonyl (C=O) groups is 2. The molecule has 0 fully saturated rings. The third-order valence-corrected chi connectivity index (χ3v) is 4.35. The van der Waals surface area contributed by atoms with Crippen molar-refractivity contribution < 1.29 is 18.7 Å². The summed E-state index contributed by atoms with van der Waals surface area (Å²) < 4.78 is 10.7. The van der Waals surface area contributed by atoms with Crippen LogP contribution >= 0.6 is 0 Å². The van der Waals surface area contributed by atoms with Crippen molar-refractivity contribution in [2.45, 2.75) is 26.5 Å². The minimum absolute atomic E-state index is 0.230. The maximum Gasteiger partial charge on any atom is 0.375 e. The van der Waals surface area contributed by atoms with Crippen molar-refractivity contribution in [1.29, 1.82) is 0 Å². The standard InChI is InChI=1S/C22H21NO5/c1-14-9-10-19-17(11-14)18(24)12-20(28-19)22(26)27-15(2)21(25)23(3)13-16-7-5-4-6-8-16/h4-12,15H,13H2,1-3H3/t15-/m1/s1. The Morgan fingerprint density at radius 3 is 2.54 bits per heavy atom. The van der Waals surface area contributed by atoms with Crippen LogP contribution in [-0.4, -0.2) is 29.9 Å². The average molecular weight is 379 g/mol. The maximum atomic E-state index is 12.5. The number of esters is 1. The molecule has 6 nitrogen and oxygen atoms in total. The predicted octanol–water partition coefficient (Wildman–Crippen LogP) is 3.31. The highest BCUT2D eigenvalue weighted by molar-refractivity contribution is 5.91. The number of likely N-dealkylation sites (N-methyl/N-ethyl adjacent to an activating group) is 1. The first-order chi connectivity index (χ1) is 13.3. The molecule has 1 atom stereocenters. The van der Waals surface area contributed by atoms with Crippen LogP contribution < -0.4 is 5.43 Å². The topological polar surface area (TPSA) is 76.8 Å². The second kappa shape index (κ2) is 8.08. The van der Waals surface area contributed by atoms with Crippen molar-refractivity contribution in [1.82, 2.24) is 4.90 Å².